The van der Waals surface area contributed by atoms with Gasteiger partial charge in [0.05, 0.1) is 11.0 Å². The van der Waals surface area contributed by atoms with Crippen LogP contribution in [0.3, 0.4) is 0 Å². The van der Waals surface area contributed by atoms with Crippen molar-refractivity contribution in [3.05, 3.63) is 58.9 Å². The van der Waals surface area contributed by atoms with Crippen LogP contribution in [-0.2, 0) is 0 Å². The average Bonchev–Trinajstić information content (AvgIpc) is 2.34. The van der Waals surface area contributed by atoms with Crippen molar-refractivity contribution in [1.82, 2.24) is 0 Å². The minimum atomic E-state index is -0.699. The van der Waals surface area contributed by atoms with Gasteiger partial charge in [0, 0.05) is 9.92 Å². The first-order valence-electron chi connectivity index (χ1n) is 5.48. The number of aliphatic hydroxyl groups excluding tert-OH is 1. The van der Waals surface area contributed by atoms with E-state index in [0.29, 0.717) is 15.5 Å². The van der Waals surface area contributed by atoms with E-state index >= 15 is 0 Å². The zero-order chi connectivity index (χ0) is 13.1. The third kappa shape index (κ3) is 3.05. The molecular weight excluding hydrogens is 271 g/mol. The summed E-state index contributed by atoms with van der Waals surface area (Å²) in [6, 6.07) is 11.9. The summed E-state index contributed by atoms with van der Waals surface area (Å²) in [6.45, 7) is 1.63. The van der Waals surface area contributed by atoms with Gasteiger partial charge in [-0.1, -0.05) is 35.5 Å². The summed E-state index contributed by atoms with van der Waals surface area (Å²) in [6.07, 6.45) is -0.699. The maximum Gasteiger partial charge on any atom is 0.137 e. The summed E-state index contributed by atoms with van der Waals surface area (Å²) in [5.41, 5.74) is 0.593. The molecule has 94 valence electrons. The molecule has 0 amide bonds. The second kappa shape index (κ2) is 5.74. The monoisotopic (exact) mass is 282 g/mol. The molecule has 1 N–H and O–H groups in total. The van der Waals surface area contributed by atoms with E-state index in [1.54, 1.807) is 31.2 Å². The Labute approximate surface area is 115 Å². The number of hydrogen-bond donors (Lipinski definition) is 1. The maximum atomic E-state index is 13.8. The first-order chi connectivity index (χ1) is 8.58. The number of hydrogen-bond acceptors (Lipinski definition) is 2. The SMILES string of the molecule is C[C@H](O)c1cccc(F)c1Sc1ccc(Cl)cc1. The molecule has 0 heterocycles. The molecule has 4 heteroatoms. The fourth-order valence-electron chi connectivity index (χ4n) is 1.58. The Bertz CT molecular complexity index is 540. The van der Waals surface area contributed by atoms with Gasteiger partial charge in [-0.2, -0.15) is 0 Å². The van der Waals surface area contributed by atoms with Crippen molar-refractivity contribution in [2.24, 2.45) is 0 Å². The van der Waals surface area contributed by atoms with Crippen LogP contribution in [0.15, 0.2) is 52.3 Å². The van der Waals surface area contributed by atoms with Gasteiger partial charge in [-0.05, 0) is 42.8 Å². The van der Waals surface area contributed by atoms with Crippen LogP contribution in [0.1, 0.15) is 18.6 Å². The maximum absolute atomic E-state index is 13.8. The van der Waals surface area contributed by atoms with E-state index in [1.165, 1.54) is 17.8 Å². The van der Waals surface area contributed by atoms with Crippen LogP contribution in [0.4, 0.5) is 4.39 Å². The second-order valence-electron chi connectivity index (χ2n) is 3.89. The molecule has 2 aromatic carbocycles. The van der Waals surface area contributed by atoms with Gasteiger partial charge in [-0.15, -0.1) is 0 Å². The first-order valence-corrected chi connectivity index (χ1v) is 6.67. The van der Waals surface area contributed by atoms with E-state index in [-0.39, 0.29) is 5.82 Å². The molecule has 0 saturated heterocycles. The van der Waals surface area contributed by atoms with E-state index in [1.807, 2.05) is 12.1 Å². The molecule has 0 aromatic heterocycles. The highest BCUT2D eigenvalue weighted by molar-refractivity contribution is 7.99. The lowest BCUT2D eigenvalue weighted by molar-refractivity contribution is 0.195. The Morgan fingerprint density at radius 1 is 1.17 bits per heavy atom. The van der Waals surface area contributed by atoms with Gasteiger partial charge in [-0.3, -0.25) is 0 Å². The third-order valence-electron chi connectivity index (χ3n) is 2.48. The summed E-state index contributed by atoms with van der Waals surface area (Å²) in [4.78, 5) is 1.33. The lowest BCUT2D eigenvalue weighted by atomic mass is 10.1. The summed E-state index contributed by atoms with van der Waals surface area (Å²) in [5.74, 6) is -0.326. The molecule has 0 fully saturated rings. The molecule has 2 aromatic rings. The summed E-state index contributed by atoms with van der Waals surface area (Å²) in [7, 11) is 0. The lowest BCUT2D eigenvalue weighted by Crippen LogP contribution is -1.96. The smallest absolute Gasteiger partial charge is 0.137 e. The molecule has 0 spiro atoms. The normalized spacial score (nSPS) is 12.4. The van der Waals surface area contributed by atoms with Gasteiger partial charge in [0.1, 0.15) is 5.82 Å². The van der Waals surface area contributed by atoms with Crippen LogP contribution in [0.25, 0.3) is 0 Å². The number of benzene rings is 2. The van der Waals surface area contributed by atoms with Crippen LogP contribution in [0.5, 0.6) is 0 Å². The molecule has 0 aliphatic carbocycles. The largest absolute Gasteiger partial charge is 0.389 e. The van der Waals surface area contributed by atoms with Crippen LogP contribution in [-0.4, -0.2) is 5.11 Å². The van der Waals surface area contributed by atoms with Crippen molar-refractivity contribution in [2.45, 2.75) is 22.8 Å². The summed E-state index contributed by atoms with van der Waals surface area (Å²) >= 11 is 7.09. The van der Waals surface area contributed by atoms with Crippen molar-refractivity contribution in [2.75, 3.05) is 0 Å². The molecule has 2 rings (SSSR count). The Morgan fingerprint density at radius 2 is 1.83 bits per heavy atom. The predicted octanol–water partition coefficient (Wildman–Crippen LogP) is 4.68. The minimum absolute atomic E-state index is 0.326. The van der Waals surface area contributed by atoms with Crippen LogP contribution >= 0.6 is 23.4 Å². The Morgan fingerprint density at radius 3 is 2.44 bits per heavy atom. The molecule has 1 nitrogen and oxygen atoms in total. The molecular formula is C14H12ClFOS. The highest BCUT2D eigenvalue weighted by Gasteiger charge is 2.13. The molecule has 0 bridgehead atoms. The van der Waals surface area contributed by atoms with E-state index in [2.05, 4.69) is 0 Å². The van der Waals surface area contributed by atoms with Gasteiger partial charge < -0.3 is 5.11 Å². The Hall–Kier alpha value is -1.03. The van der Waals surface area contributed by atoms with E-state index in [9.17, 15) is 9.50 Å². The number of rotatable bonds is 3. The van der Waals surface area contributed by atoms with Crippen LogP contribution in [0, 0.1) is 5.82 Å². The Kier molecular flexibility index (Phi) is 4.27. The lowest BCUT2D eigenvalue weighted by Gasteiger charge is -2.12. The fourth-order valence-corrected chi connectivity index (χ4v) is 2.74. The molecule has 0 saturated carbocycles. The quantitative estimate of drug-likeness (QED) is 0.882. The van der Waals surface area contributed by atoms with Crippen molar-refractivity contribution < 1.29 is 9.50 Å². The summed E-state index contributed by atoms with van der Waals surface area (Å²) in [5, 5.41) is 10.3. The molecule has 1 atom stereocenters. The predicted molar refractivity (Wildman–Crippen MR) is 72.6 cm³/mol. The summed E-state index contributed by atoms with van der Waals surface area (Å²) < 4.78 is 13.8. The van der Waals surface area contributed by atoms with Crippen LogP contribution in [0.2, 0.25) is 5.02 Å². The highest BCUT2D eigenvalue weighted by atomic mass is 35.5. The van der Waals surface area contributed by atoms with Crippen LogP contribution < -0.4 is 0 Å². The van der Waals surface area contributed by atoms with Crippen molar-refractivity contribution >= 4 is 23.4 Å². The van der Waals surface area contributed by atoms with E-state index in [0.717, 1.165) is 4.90 Å². The molecule has 0 aliphatic rings. The number of halogens is 2. The van der Waals surface area contributed by atoms with E-state index in [4.69, 9.17) is 11.6 Å². The van der Waals surface area contributed by atoms with Gasteiger partial charge in [-0.25, -0.2) is 4.39 Å². The Balaban J connectivity index is 2.36. The zero-order valence-electron chi connectivity index (χ0n) is 9.73. The second-order valence-corrected chi connectivity index (χ2v) is 5.41. The molecule has 0 aliphatic heterocycles. The fraction of sp³-hybridized carbons (Fsp3) is 0.143. The molecule has 0 unspecified atom stereocenters. The molecule has 0 radical (unpaired) electrons. The first kappa shape index (κ1) is 13.4. The number of aliphatic hydroxyl groups is 1. The van der Waals surface area contributed by atoms with Gasteiger partial charge >= 0.3 is 0 Å². The molecule has 18 heavy (non-hydrogen) atoms. The topological polar surface area (TPSA) is 20.2 Å². The minimum Gasteiger partial charge on any atom is -0.389 e. The average molecular weight is 283 g/mol. The highest BCUT2D eigenvalue weighted by Crippen LogP contribution is 2.35. The van der Waals surface area contributed by atoms with Crippen molar-refractivity contribution in [1.29, 1.82) is 0 Å². The van der Waals surface area contributed by atoms with Crippen molar-refractivity contribution in [3.63, 3.8) is 0 Å². The third-order valence-corrected chi connectivity index (χ3v) is 3.88. The standard InChI is InChI=1S/C14H12ClFOS/c1-9(17)12-3-2-4-13(16)14(12)18-11-7-5-10(15)6-8-11/h2-9,17H,1H3/t9-/m0/s1. The van der Waals surface area contributed by atoms with Gasteiger partial charge in [0.2, 0.25) is 0 Å². The van der Waals surface area contributed by atoms with Crippen molar-refractivity contribution in [3.8, 4) is 0 Å². The van der Waals surface area contributed by atoms with Gasteiger partial charge in [0.25, 0.3) is 0 Å². The van der Waals surface area contributed by atoms with Gasteiger partial charge in [0.15, 0.2) is 0 Å². The zero-order valence-corrected chi connectivity index (χ0v) is 11.3. The van der Waals surface area contributed by atoms with E-state index < -0.39 is 6.10 Å².